The van der Waals surface area contributed by atoms with Gasteiger partial charge in [-0.05, 0) is 33.5 Å². The molecule has 1 heterocycles. The minimum Gasteiger partial charge on any atom is -0.324 e. The molecule has 0 unspecified atom stereocenters. The van der Waals surface area contributed by atoms with Crippen LogP contribution in [0.2, 0.25) is 0 Å². The van der Waals surface area contributed by atoms with E-state index < -0.39 is 0 Å². The number of carbonyl (C=O) groups excluding carboxylic acids is 2. The molecule has 1 aromatic rings. The lowest BCUT2D eigenvalue weighted by Crippen LogP contribution is -2.36. The third-order valence-corrected chi connectivity index (χ3v) is 3.75. The van der Waals surface area contributed by atoms with Crippen LogP contribution in [0.3, 0.4) is 0 Å². The van der Waals surface area contributed by atoms with E-state index in [1.807, 2.05) is 23.6 Å². The molecule has 1 aromatic carbocycles. The number of nitrogens with zero attached hydrogens (tertiary/aromatic N) is 1. The van der Waals surface area contributed by atoms with Crippen LogP contribution in [0.25, 0.3) is 0 Å². The summed E-state index contributed by atoms with van der Waals surface area (Å²) in [4.78, 5) is 24.7. The van der Waals surface area contributed by atoms with Crippen molar-refractivity contribution in [2.45, 2.75) is 0 Å². The van der Waals surface area contributed by atoms with E-state index in [0.717, 1.165) is 4.47 Å². The molecule has 4 nitrogen and oxygen atoms in total. The van der Waals surface area contributed by atoms with Crippen molar-refractivity contribution in [3.05, 3.63) is 40.3 Å². The van der Waals surface area contributed by atoms with Gasteiger partial charge in [-0.25, -0.2) is 0 Å². The second kappa shape index (κ2) is 6.06. The largest absolute Gasteiger partial charge is 0.324 e. The van der Waals surface area contributed by atoms with Gasteiger partial charge in [-0.1, -0.05) is 12.1 Å². The van der Waals surface area contributed by atoms with Crippen LogP contribution in [0, 0.1) is 0 Å². The van der Waals surface area contributed by atoms with Crippen molar-refractivity contribution in [3.63, 3.8) is 0 Å². The molecule has 0 fully saturated rings. The highest BCUT2D eigenvalue weighted by atomic mass is 79.9. The number of carbonyl (C=O) groups is 2. The molecule has 1 N–H and O–H groups in total. The van der Waals surface area contributed by atoms with Crippen LogP contribution in [0.15, 0.2) is 40.3 Å². The van der Waals surface area contributed by atoms with Crippen molar-refractivity contribution >= 4 is 45.2 Å². The van der Waals surface area contributed by atoms with Gasteiger partial charge in [0, 0.05) is 10.7 Å². The number of thioether (sulfide) groups is 1. The molecule has 0 aromatic heterocycles. The summed E-state index contributed by atoms with van der Waals surface area (Å²) in [5.41, 5.74) is 0.699. The Bertz CT molecular complexity index is 505. The predicted octanol–water partition coefficient (Wildman–Crippen LogP) is 2.43. The van der Waals surface area contributed by atoms with Gasteiger partial charge in [-0.3, -0.25) is 9.59 Å². The Morgan fingerprint density at radius 3 is 2.94 bits per heavy atom. The maximum Gasteiger partial charge on any atom is 0.244 e. The van der Waals surface area contributed by atoms with Crippen LogP contribution in [0.1, 0.15) is 0 Å². The summed E-state index contributed by atoms with van der Waals surface area (Å²) in [7, 11) is 0. The van der Waals surface area contributed by atoms with Gasteiger partial charge in [-0.15, -0.1) is 11.8 Å². The molecule has 0 atom stereocenters. The van der Waals surface area contributed by atoms with Crippen molar-refractivity contribution in [1.29, 1.82) is 0 Å². The Balaban J connectivity index is 1.97. The van der Waals surface area contributed by atoms with Crippen LogP contribution in [0.5, 0.6) is 0 Å². The van der Waals surface area contributed by atoms with Crippen LogP contribution >= 0.6 is 27.7 Å². The zero-order valence-corrected chi connectivity index (χ0v) is 11.8. The van der Waals surface area contributed by atoms with Gasteiger partial charge in [0.1, 0.15) is 6.54 Å². The van der Waals surface area contributed by atoms with Crippen LogP contribution in [-0.4, -0.2) is 29.0 Å². The molecule has 0 radical (unpaired) electrons. The molecule has 1 aliphatic heterocycles. The molecule has 0 bridgehead atoms. The number of nitrogens with one attached hydrogen (secondary N) is 1. The van der Waals surface area contributed by atoms with Crippen molar-refractivity contribution in [3.8, 4) is 0 Å². The first-order chi connectivity index (χ1) is 8.66. The minimum atomic E-state index is -0.216. The normalized spacial score (nSPS) is 14.7. The van der Waals surface area contributed by atoms with Crippen molar-refractivity contribution in [1.82, 2.24) is 4.90 Å². The van der Waals surface area contributed by atoms with Gasteiger partial charge in [0.25, 0.3) is 0 Å². The van der Waals surface area contributed by atoms with E-state index in [1.54, 1.807) is 12.3 Å². The summed E-state index contributed by atoms with van der Waals surface area (Å²) in [5.74, 6) is 0.121. The highest BCUT2D eigenvalue weighted by Gasteiger charge is 2.17. The lowest BCUT2D eigenvalue weighted by molar-refractivity contribution is -0.129. The van der Waals surface area contributed by atoms with Gasteiger partial charge in [-0.2, -0.15) is 0 Å². The second-order valence-electron chi connectivity index (χ2n) is 3.65. The Kier molecular flexibility index (Phi) is 4.43. The predicted molar refractivity (Wildman–Crippen MR) is 76.1 cm³/mol. The van der Waals surface area contributed by atoms with Gasteiger partial charge in [0.2, 0.25) is 11.8 Å². The molecule has 94 valence electrons. The molecular formula is C12H11BrN2O2S. The highest BCUT2D eigenvalue weighted by Crippen LogP contribution is 2.21. The van der Waals surface area contributed by atoms with Crippen molar-refractivity contribution in [2.24, 2.45) is 0 Å². The monoisotopic (exact) mass is 326 g/mol. The first kappa shape index (κ1) is 13.2. The summed E-state index contributed by atoms with van der Waals surface area (Å²) in [6.45, 7) is 0.0389. The van der Waals surface area contributed by atoms with Crippen LogP contribution < -0.4 is 5.32 Å². The molecular weight excluding hydrogens is 316 g/mol. The van der Waals surface area contributed by atoms with Gasteiger partial charge in [0.15, 0.2) is 0 Å². The molecule has 0 spiro atoms. The number of para-hydroxylation sites is 1. The third kappa shape index (κ3) is 3.36. The van der Waals surface area contributed by atoms with Gasteiger partial charge >= 0.3 is 0 Å². The molecule has 1 aliphatic rings. The fourth-order valence-electron chi connectivity index (χ4n) is 1.45. The Morgan fingerprint density at radius 2 is 2.22 bits per heavy atom. The van der Waals surface area contributed by atoms with Crippen LogP contribution in [0.4, 0.5) is 5.69 Å². The van der Waals surface area contributed by atoms with Crippen LogP contribution in [-0.2, 0) is 9.59 Å². The average Bonchev–Trinajstić information content (AvgIpc) is 2.35. The number of anilines is 1. The van der Waals surface area contributed by atoms with Gasteiger partial charge in [0.05, 0.1) is 11.4 Å². The van der Waals surface area contributed by atoms with Crippen molar-refractivity contribution in [2.75, 3.05) is 17.6 Å². The number of halogens is 1. The molecule has 0 saturated heterocycles. The maximum absolute atomic E-state index is 11.8. The third-order valence-electron chi connectivity index (χ3n) is 2.33. The lowest BCUT2D eigenvalue weighted by Gasteiger charge is -2.20. The summed E-state index contributed by atoms with van der Waals surface area (Å²) >= 11 is 4.78. The van der Waals surface area contributed by atoms with E-state index >= 15 is 0 Å². The van der Waals surface area contributed by atoms with E-state index in [1.165, 1.54) is 16.7 Å². The summed E-state index contributed by atoms with van der Waals surface area (Å²) < 4.78 is 0.814. The van der Waals surface area contributed by atoms with E-state index in [-0.39, 0.29) is 18.4 Å². The molecule has 2 rings (SSSR count). The SMILES string of the molecule is O=C(CN1C=CSCC1=O)Nc1ccccc1Br. The Labute approximate surface area is 118 Å². The summed E-state index contributed by atoms with van der Waals surface area (Å²) in [5, 5.41) is 4.57. The Morgan fingerprint density at radius 1 is 1.44 bits per heavy atom. The molecule has 2 amide bonds. The number of benzene rings is 1. The standard InChI is InChI=1S/C12H11BrN2O2S/c13-9-3-1-2-4-10(9)14-11(16)7-15-5-6-18-8-12(15)17/h1-6H,7-8H2,(H,14,16). The van der Waals surface area contributed by atoms with E-state index in [4.69, 9.17) is 0 Å². The summed E-state index contributed by atoms with van der Waals surface area (Å²) in [6.07, 6.45) is 1.64. The molecule has 6 heteroatoms. The average molecular weight is 327 g/mol. The van der Waals surface area contributed by atoms with Gasteiger partial charge < -0.3 is 10.2 Å². The van der Waals surface area contributed by atoms with E-state index in [9.17, 15) is 9.59 Å². The molecule has 0 aliphatic carbocycles. The maximum atomic E-state index is 11.8. The second-order valence-corrected chi connectivity index (χ2v) is 5.39. The molecule has 18 heavy (non-hydrogen) atoms. The first-order valence-electron chi connectivity index (χ1n) is 5.29. The number of amides is 2. The smallest absolute Gasteiger partial charge is 0.244 e. The number of rotatable bonds is 3. The summed E-state index contributed by atoms with van der Waals surface area (Å²) in [6, 6.07) is 7.35. The van der Waals surface area contributed by atoms with E-state index in [2.05, 4.69) is 21.2 Å². The minimum absolute atomic E-state index is 0.0389. The number of hydrogen-bond acceptors (Lipinski definition) is 3. The Hall–Kier alpha value is -1.27. The number of hydrogen-bond donors (Lipinski definition) is 1. The molecule has 0 saturated carbocycles. The fraction of sp³-hybridized carbons (Fsp3) is 0.167. The zero-order valence-electron chi connectivity index (χ0n) is 9.43. The highest BCUT2D eigenvalue weighted by molar-refractivity contribution is 9.10. The van der Waals surface area contributed by atoms with Crippen molar-refractivity contribution < 1.29 is 9.59 Å². The lowest BCUT2D eigenvalue weighted by atomic mass is 10.3. The quantitative estimate of drug-likeness (QED) is 0.928. The zero-order chi connectivity index (χ0) is 13.0. The first-order valence-corrected chi connectivity index (χ1v) is 7.13. The topological polar surface area (TPSA) is 49.4 Å². The fourth-order valence-corrected chi connectivity index (χ4v) is 2.47. The van der Waals surface area contributed by atoms with E-state index in [0.29, 0.717) is 11.4 Å².